The average Bonchev–Trinajstić information content (AvgIpc) is 2.58. The largest absolute Gasteiger partial charge is 0.310 e. The molecule has 1 aliphatic rings. The Labute approximate surface area is 91.2 Å². The van der Waals surface area contributed by atoms with Gasteiger partial charge >= 0.3 is 0 Å². The molecule has 2 heteroatoms. The van der Waals surface area contributed by atoms with Gasteiger partial charge in [0.1, 0.15) is 0 Å². The van der Waals surface area contributed by atoms with Crippen molar-refractivity contribution >= 4 is 5.57 Å². The number of aryl methyl sites for hydroxylation is 1. The van der Waals surface area contributed by atoms with Gasteiger partial charge in [-0.3, -0.25) is 5.32 Å². The minimum Gasteiger partial charge on any atom is -0.310 e. The molecule has 3 N–H and O–H groups in total. The summed E-state index contributed by atoms with van der Waals surface area (Å²) < 4.78 is 0. The molecule has 1 atom stereocenters. The van der Waals surface area contributed by atoms with E-state index in [-0.39, 0.29) is 5.66 Å². The highest BCUT2D eigenvalue weighted by atomic mass is 15.1. The van der Waals surface area contributed by atoms with E-state index < -0.39 is 0 Å². The van der Waals surface area contributed by atoms with E-state index in [0.717, 1.165) is 13.0 Å². The van der Waals surface area contributed by atoms with Gasteiger partial charge in [-0.15, -0.1) is 0 Å². The molecule has 1 aliphatic heterocycles. The molecule has 2 rings (SSSR count). The zero-order chi connectivity index (χ0) is 10.9. The quantitative estimate of drug-likeness (QED) is 0.769. The first-order valence-electron chi connectivity index (χ1n) is 5.47. The molecule has 2 nitrogen and oxygen atoms in total. The van der Waals surface area contributed by atoms with Crippen LogP contribution in [0.25, 0.3) is 5.57 Å². The van der Waals surface area contributed by atoms with Crippen LogP contribution < -0.4 is 11.1 Å². The van der Waals surface area contributed by atoms with E-state index in [9.17, 15) is 0 Å². The van der Waals surface area contributed by atoms with Crippen molar-refractivity contribution in [2.75, 3.05) is 6.54 Å². The Balaban J connectivity index is 2.30. The maximum Gasteiger partial charge on any atom is 0.0901 e. The fourth-order valence-corrected chi connectivity index (χ4v) is 2.01. The lowest BCUT2D eigenvalue weighted by Gasteiger charge is -2.23. The topological polar surface area (TPSA) is 38.0 Å². The van der Waals surface area contributed by atoms with E-state index >= 15 is 0 Å². The van der Waals surface area contributed by atoms with Gasteiger partial charge in [-0.1, -0.05) is 37.3 Å². The highest BCUT2D eigenvalue weighted by Gasteiger charge is 2.27. The molecule has 1 heterocycles. The lowest BCUT2D eigenvalue weighted by Crippen LogP contribution is -2.47. The molecule has 0 fully saturated rings. The number of benzene rings is 1. The normalized spacial score (nSPS) is 25.4. The van der Waals surface area contributed by atoms with Gasteiger partial charge in [-0.2, -0.15) is 0 Å². The highest BCUT2D eigenvalue weighted by Crippen LogP contribution is 2.26. The molecule has 1 aromatic rings. The fourth-order valence-electron chi connectivity index (χ4n) is 2.01. The van der Waals surface area contributed by atoms with Crippen LogP contribution in [0.2, 0.25) is 0 Å². The standard InChI is InChI=1S/C13H18N2/c1-3-10-4-6-11(7-5-10)12-8-9-15-13(12,2)14/h4-8,15H,3,9,14H2,1-2H3. The van der Waals surface area contributed by atoms with Gasteiger partial charge in [0, 0.05) is 6.54 Å². The lowest BCUT2D eigenvalue weighted by atomic mass is 9.96. The molecular weight excluding hydrogens is 184 g/mol. The third kappa shape index (κ3) is 1.96. The molecule has 0 bridgehead atoms. The van der Waals surface area contributed by atoms with Gasteiger partial charge in [0.05, 0.1) is 5.66 Å². The number of hydrogen-bond acceptors (Lipinski definition) is 2. The molecule has 0 aromatic heterocycles. The fraction of sp³-hybridized carbons (Fsp3) is 0.385. The second kappa shape index (κ2) is 3.80. The van der Waals surface area contributed by atoms with Crippen LogP contribution in [0, 0.1) is 0 Å². The summed E-state index contributed by atoms with van der Waals surface area (Å²) in [6.45, 7) is 5.04. The zero-order valence-corrected chi connectivity index (χ0v) is 9.38. The predicted octanol–water partition coefficient (Wildman–Crippen LogP) is 1.91. The van der Waals surface area contributed by atoms with Gasteiger partial charge in [0.25, 0.3) is 0 Å². The van der Waals surface area contributed by atoms with E-state index in [1.807, 2.05) is 6.92 Å². The minimum absolute atomic E-state index is 0.381. The molecule has 0 saturated heterocycles. The van der Waals surface area contributed by atoms with Crippen LogP contribution in [0.5, 0.6) is 0 Å². The Morgan fingerprint density at radius 2 is 2.00 bits per heavy atom. The summed E-state index contributed by atoms with van der Waals surface area (Å²) in [5.74, 6) is 0. The second-order valence-electron chi connectivity index (χ2n) is 4.25. The summed E-state index contributed by atoms with van der Waals surface area (Å²) in [5, 5.41) is 3.26. The molecule has 15 heavy (non-hydrogen) atoms. The van der Waals surface area contributed by atoms with Crippen LogP contribution in [-0.2, 0) is 6.42 Å². The van der Waals surface area contributed by atoms with Crippen LogP contribution >= 0.6 is 0 Å². The van der Waals surface area contributed by atoms with Crippen molar-refractivity contribution in [2.45, 2.75) is 25.9 Å². The van der Waals surface area contributed by atoms with E-state index in [2.05, 4.69) is 42.6 Å². The first kappa shape index (κ1) is 10.4. The van der Waals surface area contributed by atoms with Crippen molar-refractivity contribution in [3.63, 3.8) is 0 Å². The number of nitrogens with two attached hydrogens (primary N) is 1. The maximum absolute atomic E-state index is 6.15. The summed E-state index contributed by atoms with van der Waals surface area (Å²) >= 11 is 0. The second-order valence-corrected chi connectivity index (χ2v) is 4.25. The van der Waals surface area contributed by atoms with Crippen molar-refractivity contribution in [2.24, 2.45) is 5.73 Å². The van der Waals surface area contributed by atoms with Crippen LogP contribution in [0.1, 0.15) is 25.0 Å². The van der Waals surface area contributed by atoms with Gasteiger partial charge in [-0.05, 0) is 30.0 Å². The molecule has 0 aliphatic carbocycles. The van der Waals surface area contributed by atoms with Crippen LogP contribution in [0.15, 0.2) is 30.3 Å². The van der Waals surface area contributed by atoms with Crippen molar-refractivity contribution in [3.8, 4) is 0 Å². The molecular formula is C13H18N2. The molecule has 0 amide bonds. The first-order chi connectivity index (χ1) is 7.13. The Hall–Kier alpha value is -1.12. The minimum atomic E-state index is -0.381. The lowest BCUT2D eigenvalue weighted by molar-refractivity contribution is 0.519. The van der Waals surface area contributed by atoms with Gasteiger partial charge in [0.15, 0.2) is 0 Å². The molecule has 1 aromatic carbocycles. The highest BCUT2D eigenvalue weighted by molar-refractivity contribution is 5.74. The Morgan fingerprint density at radius 1 is 1.33 bits per heavy atom. The molecule has 80 valence electrons. The van der Waals surface area contributed by atoms with Crippen LogP contribution in [0.4, 0.5) is 0 Å². The number of nitrogens with one attached hydrogen (secondary N) is 1. The first-order valence-corrected chi connectivity index (χ1v) is 5.47. The molecule has 0 saturated carbocycles. The molecule has 0 spiro atoms. The smallest absolute Gasteiger partial charge is 0.0901 e. The molecule has 1 unspecified atom stereocenters. The van der Waals surface area contributed by atoms with Gasteiger partial charge < -0.3 is 5.73 Å². The summed E-state index contributed by atoms with van der Waals surface area (Å²) in [6, 6.07) is 8.65. The van der Waals surface area contributed by atoms with Gasteiger partial charge in [0.2, 0.25) is 0 Å². The monoisotopic (exact) mass is 202 g/mol. The summed E-state index contributed by atoms with van der Waals surface area (Å²) in [4.78, 5) is 0. The Morgan fingerprint density at radius 3 is 2.47 bits per heavy atom. The summed E-state index contributed by atoms with van der Waals surface area (Å²) in [5.41, 5.74) is 9.55. The van der Waals surface area contributed by atoms with E-state index in [1.54, 1.807) is 0 Å². The summed E-state index contributed by atoms with van der Waals surface area (Å²) in [6.07, 6.45) is 3.25. The van der Waals surface area contributed by atoms with E-state index in [4.69, 9.17) is 5.73 Å². The number of rotatable bonds is 2. The van der Waals surface area contributed by atoms with Crippen molar-refractivity contribution in [1.29, 1.82) is 0 Å². The van der Waals surface area contributed by atoms with Gasteiger partial charge in [-0.25, -0.2) is 0 Å². The Kier molecular flexibility index (Phi) is 2.63. The average molecular weight is 202 g/mol. The van der Waals surface area contributed by atoms with Crippen molar-refractivity contribution < 1.29 is 0 Å². The van der Waals surface area contributed by atoms with Crippen molar-refractivity contribution in [3.05, 3.63) is 41.5 Å². The third-order valence-electron chi connectivity index (χ3n) is 3.01. The third-order valence-corrected chi connectivity index (χ3v) is 3.01. The van der Waals surface area contributed by atoms with E-state index in [1.165, 1.54) is 16.7 Å². The van der Waals surface area contributed by atoms with Crippen LogP contribution in [-0.4, -0.2) is 12.2 Å². The Bertz CT molecular complexity index is 374. The van der Waals surface area contributed by atoms with E-state index in [0.29, 0.717) is 0 Å². The molecule has 0 radical (unpaired) electrons. The predicted molar refractivity (Wildman–Crippen MR) is 64.4 cm³/mol. The van der Waals surface area contributed by atoms with Crippen molar-refractivity contribution in [1.82, 2.24) is 5.32 Å². The number of hydrogen-bond donors (Lipinski definition) is 2. The maximum atomic E-state index is 6.15. The van der Waals surface area contributed by atoms with Crippen LogP contribution in [0.3, 0.4) is 0 Å². The zero-order valence-electron chi connectivity index (χ0n) is 9.38. The summed E-state index contributed by atoms with van der Waals surface area (Å²) in [7, 11) is 0. The SMILES string of the molecule is CCc1ccc(C2=CCNC2(C)N)cc1.